The summed E-state index contributed by atoms with van der Waals surface area (Å²) < 4.78 is 15.5. The van der Waals surface area contributed by atoms with Crippen LogP contribution in [-0.2, 0) is 11.2 Å². The molecule has 9 heteroatoms. The molecule has 2 unspecified atom stereocenters. The van der Waals surface area contributed by atoms with Crippen LogP contribution in [-0.4, -0.2) is 39.9 Å². The predicted octanol–water partition coefficient (Wildman–Crippen LogP) is 4.41. The maximum atomic E-state index is 14.2. The molecule has 0 radical (unpaired) electrons. The molecule has 7 nitrogen and oxygen atoms in total. The van der Waals surface area contributed by atoms with Crippen LogP contribution >= 0.6 is 11.6 Å². The van der Waals surface area contributed by atoms with Gasteiger partial charge in [-0.05, 0) is 42.4 Å². The van der Waals surface area contributed by atoms with Gasteiger partial charge in [0.15, 0.2) is 5.78 Å². The van der Waals surface area contributed by atoms with Crippen molar-refractivity contribution < 1.29 is 18.8 Å². The number of hydrogen-bond donors (Lipinski definition) is 2. The number of piperidine rings is 1. The highest BCUT2D eigenvalue weighted by Crippen LogP contribution is 2.50. The number of primary amides is 1. The number of para-hydroxylation sites is 1. The van der Waals surface area contributed by atoms with Crippen LogP contribution in [0.1, 0.15) is 18.4 Å². The number of nitrogens with two attached hydrogens (primary N) is 1. The van der Waals surface area contributed by atoms with Crippen LogP contribution in [0.25, 0.3) is 10.9 Å². The van der Waals surface area contributed by atoms with Crippen molar-refractivity contribution in [2.45, 2.75) is 25.3 Å². The number of carbonyl (C=O) groups is 3. The Balaban J connectivity index is 1.32. The number of rotatable bonds is 5. The summed E-state index contributed by atoms with van der Waals surface area (Å²) in [5.74, 6) is -0.156. The van der Waals surface area contributed by atoms with Crippen molar-refractivity contribution in [3.8, 4) is 0 Å². The van der Waals surface area contributed by atoms with Crippen LogP contribution in [0.15, 0.2) is 48.7 Å². The van der Waals surface area contributed by atoms with Crippen molar-refractivity contribution in [3.63, 3.8) is 0 Å². The molecule has 0 spiro atoms. The van der Waals surface area contributed by atoms with E-state index in [1.807, 2.05) is 0 Å². The lowest BCUT2D eigenvalue weighted by molar-refractivity contribution is -0.123. The molecule has 3 atom stereocenters. The topological polar surface area (TPSA) is 97.4 Å². The first-order chi connectivity index (χ1) is 15.8. The van der Waals surface area contributed by atoms with Crippen molar-refractivity contribution in [2.24, 2.45) is 17.6 Å². The van der Waals surface area contributed by atoms with Crippen LogP contribution in [0.5, 0.6) is 0 Å². The maximum Gasteiger partial charge on any atom is 0.323 e. The van der Waals surface area contributed by atoms with Gasteiger partial charge in [0.05, 0.1) is 22.3 Å². The van der Waals surface area contributed by atoms with Gasteiger partial charge in [-0.1, -0.05) is 41.9 Å². The second-order valence-corrected chi connectivity index (χ2v) is 9.04. The normalized spacial score (nSPS) is 21.2. The molecule has 33 heavy (non-hydrogen) atoms. The zero-order chi connectivity index (χ0) is 23.3. The summed E-state index contributed by atoms with van der Waals surface area (Å²) in [4.78, 5) is 39.6. The molecular weight excluding hydrogens is 447 g/mol. The molecule has 5 rings (SSSR count). The Labute approximate surface area is 194 Å². The number of hydrogen-bond acceptors (Lipinski definition) is 3. The van der Waals surface area contributed by atoms with Crippen LogP contribution in [0.4, 0.5) is 19.7 Å². The van der Waals surface area contributed by atoms with E-state index in [1.165, 1.54) is 16.8 Å². The van der Waals surface area contributed by atoms with Crippen LogP contribution in [0.3, 0.4) is 0 Å². The number of nitrogens with zero attached hydrogens (tertiary/aromatic N) is 2. The number of urea groups is 1. The Morgan fingerprint density at radius 1 is 1.15 bits per heavy atom. The molecule has 1 aliphatic heterocycles. The molecule has 1 aliphatic carbocycles. The van der Waals surface area contributed by atoms with Gasteiger partial charge in [-0.2, -0.15) is 0 Å². The molecule has 0 bridgehead atoms. The van der Waals surface area contributed by atoms with Crippen LogP contribution in [0, 0.1) is 17.7 Å². The van der Waals surface area contributed by atoms with Gasteiger partial charge in [0, 0.05) is 24.5 Å². The zero-order valence-corrected chi connectivity index (χ0v) is 18.4. The highest BCUT2D eigenvalue weighted by Gasteiger charge is 2.56. The van der Waals surface area contributed by atoms with E-state index < -0.39 is 23.9 Å². The number of likely N-dealkylation sites (tertiary alicyclic amines) is 1. The number of amides is 3. The van der Waals surface area contributed by atoms with E-state index in [1.54, 1.807) is 41.3 Å². The number of aromatic nitrogens is 1. The fourth-order valence-electron chi connectivity index (χ4n) is 4.88. The Morgan fingerprint density at radius 2 is 1.94 bits per heavy atom. The summed E-state index contributed by atoms with van der Waals surface area (Å²) in [5, 5.41) is 3.55. The molecule has 3 amide bonds. The molecule has 2 heterocycles. The lowest BCUT2D eigenvalue weighted by atomic mass is 10.00. The first kappa shape index (κ1) is 21.5. The summed E-state index contributed by atoms with van der Waals surface area (Å²) in [7, 11) is 0. The summed E-state index contributed by atoms with van der Waals surface area (Å²) in [6.07, 6.45) is 2.74. The fourth-order valence-corrected chi connectivity index (χ4v) is 5.08. The van der Waals surface area contributed by atoms with E-state index in [9.17, 15) is 18.8 Å². The number of halogens is 2. The van der Waals surface area contributed by atoms with Crippen LogP contribution in [0.2, 0.25) is 5.02 Å². The van der Waals surface area contributed by atoms with Crippen molar-refractivity contribution in [1.29, 1.82) is 0 Å². The van der Waals surface area contributed by atoms with Crippen molar-refractivity contribution >= 4 is 46.0 Å². The summed E-state index contributed by atoms with van der Waals surface area (Å²) in [6.45, 7) is 0.493. The molecule has 2 fully saturated rings. The van der Waals surface area contributed by atoms with Gasteiger partial charge in [-0.25, -0.2) is 14.0 Å². The van der Waals surface area contributed by atoms with Crippen molar-refractivity contribution in [1.82, 2.24) is 9.47 Å². The molecule has 170 valence electrons. The standard InChI is InChI=1S/C24H22ClFN4O3/c25-17-6-3-4-13(21(17)26)8-9-20(31)22-16-10-14(16)11-30(22)24(33)28-18-12-29(23(27)32)19-7-2-1-5-15(18)19/h1-7,12,14,16,22H,8-11H2,(H2,27,32)(H,28,33)/t14?,16?,22-/m0/s1. The number of anilines is 1. The number of carbonyl (C=O) groups excluding carboxylic acids is 3. The van der Waals surface area contributed by atoms with E-state index in [0.717, 1.165) is 6.42 Å². The molecular formula is C24H22ClFN4O3. The highest BCUT2D eigenvalue weighted by molar-refractivity contribution is 6.30. The van der Waals surface area contributed by atoms with Gasteiger partial charge in [0.2, 0.25) is 0 Å². The molecule has 3 aromatic rings. The number of benzene rings is 2. The number of nitrogens with one attached hydrogen (secondary N) is 1. The number of ketones is 1. The smallest absolute Gasteiger partial charge is 0.323 e. The number of fused-ring (bicyclic) bond motifs is 2. The van der Waals surface area contributed by atoms with Gasteiger partial charge in [0.1, 0.15) is 5.82 Å². The minimum atomic E-state index is -0.657. The zero-order valence-electron chi connectivity index (χ0n) is 17.6. The van der Waals surface area contributed by atoms with Gasteiger partial charge >= 0.3 is 12.1 Å². The highest BCUT2D eigenvalue weighted by atomic mass is 35.5. The second-order valence-electron chi connectivity index (χ2n) is 8.63. The Hall–Kier alpha value is -3.39. The van der Waals surface area contributed by atoms with Crippen molar-refractivity contribution in [2.75, 3.05) is 11.9 Å². The third-order valence-corrected chi connectivity index (χ3v) is 6.90. The monoisotopic (exact) mass is 468 g/mol. The molecule has 2 aromatic carbocycles. The van der Waals surface area contributed by atoms with Crippen LogP contribution < -0.4 is 11.1 Å². The first-order valence-corrected chi connectivity index (χ1v) is 11.2. The minimum Gasteiger partial charge on any atom is -0.351 e. The quantitative estimate of drug-likeness (QED) is 0.580. The summed E-state index contributed by atoms with van der Waals surface area (Å²) in [5.41, 5.74) is 6.87. The summed E-state index contributed by atoms with van der Waals surface area (Å²) >= 11 is 5.84. The Bertz CT molecular complexity index is 1290. The van der Waals surface area contributed by atoms with Gasteiger partial charge in [-0.3, -0.25) is 9.36 Å². The van der Waals surface area contributed by atoms with Gasteiger partial charge in [0.25, 0.3) is 0 Å². The molecule has 1 saturated heterocycles. The van der Waals surface area contributed by atoms with E-state index >= 15 is 0 Å². The average Bonchev–Trinajstić information content (AvgIpc) is 3.30. The Morgan fingerprint density at radius 3 is 2.73 bits per heavy atom. The lowest BCUT2D eigenvalue weighted by Gasteiger charge is -2.26. The number of aryl methyl sites for hydroxylation is 1. The Kier molecular flexibility index (Phi) is 5.32. The molecule has 2 aliphatic rings. The van der Waals surface area contributed by atoms with E-state index in [-0.39, 0.29) is 29.6 Å². The largest absolute Gasteiger partial charge is 0.351 e. The SMILES string of the molecule is NC(=O)n1cc(NC(=O)N2CC3CC3[C@H]2C(=O)CCc2cccc(Cl)c2F)c2ccccc21. The van der Waals surface area contributed by atoms with Gasteiger partial charge in [-0.15, -0.1) is 0 Å². The minimum absolute atomic E-state index is 0.0270. The second kappa shape index (κ2) is 8.19. The third kappa shape index (κ3) is 3.84. The van der Waals surface area contributed by atoms with E-state index in [4.69, 9.17) is 17.3 Å². The molecule has 1 saturated carbocycles. The van der Waals surface area contributed by atoms with E-state index in [2.05, 4.69) is 5.32 Å². The predicted molar refractivity (Wildman–Crippen MR) is 123 cm³/mol. The summed E-state index contributed by atoms with van der Waals surface area (Å²) in [6, 6.07) is 10.2. The fraction of sp³-hybridized carbons (Fsp3) is 0.292. The molecule has 3 N–H and O–H groups in total. The van der Waals surface area contributed by atoms with Gasteiger partial charge < -0.3 is 16.0 Å². The lowest BCUT2D eigenvalue weighted by Crippen LogP contribution is -2.45. The molecule has 1 aromatic heterocycles. The van der Waals surface area contributed by atoms with E-state index in [0.29, 0.717) is 34.6 Å². The maximum absolute atomic E-state index is 14.2. The average molecular weight is 469 g/mol. The number of Topliss-reactive ketones (excluding diaryl/α,β-unsaturated/α-hetero) is 1. The first-order valence-electron chi connectivity index (χ1n) is 10.8. The van der Waals surface area contributed by atoms with Crippen molar-refractivity contribution in [3.05, 3.63) is 65.1 Å². The third-order valence-electron chi connectivity index (χ3n) is 6.60.